The van der Waals surface area contributed by atoms with Crippen LogP contribution in [0.1, 0.15) is 71.1 Å². The number of unbranched alkanes of at least 4 members (excludes halogenated alkanes) is 9. The van der Waals surface area contributed by atoms with Crippen LogP contribution in [0.5, 0.6) is 0 Å². The minimum atomic E-state index is -4.67. The summed E-state index contributed by atoms with van der Waals surface area (Å²) in [4.78, 5) is 0. The molecule has 0 aliphatic heterocycles. The molecule has 9 nitrogen and oxygen atoms in total. The van der Waals surface area contributed by atoms with Crippen molar-refractivity contribution in [3.05, 3.63) is 0 Å². The number of hydrogen-bond donors (Lipinski definition) is 4. The Morgan fingerprint density at radius 3 is 1.30 bits per heavy atom. The van der Waals surface area contributed by atoms with Crippen LogP contribution >= 0.6 is 0 Å². The minimum Gasteiger partial charge on any atom is -0.344 e. The summed E-state index contributed by atoms with van der Waals surface area (Å²) in [6.45, 7) is 2.31. The Hall–Kier alpha value is -0.300. The molecule has 0 amide bonds. The molecule has 0 aromatic rings. The maximum absolute atomic E-state index is 10.2. The second kappa shape index (κ2) is 16.6. The third-order valence-corrected chi connectivity index (χ3v) is 3.19. The quantitative estimate of drug-likeness (QED) is 0.292. The van der Waals surface area contributed by atoms with Gasteiger partial charge in [0.05, 0.1) is 6.61 Å². The van der Waals surface area contributed by atoms with Crippen LogP contribution in [0, 0.1) is 0 Å². The molecular weight excluding hydrogens is 350 g/mol. The Labute approximate surface area is 139 Å². The van der Waals surface area contributed by atoms with E-state index in [1.807, 2.05) is 0 Å². The number of hydrogen-bond acceptors (Lipinski definition) is 6. The van der Waals surface area contributed by atoms with Crippen molar-refractivity contribution in [2.75, 3.05) is 6.61 Å². The third-order valence-electron chi connectivity index (χ3n) is 2.73. The lowest BCUT2D eigenvalue weighted by atomic mass is 10.1. The van der Waals surface area contributed by atoms with Crippen molar-refractivity contribution in [1.82, 2.24) is 6.15 Å². The third kappa shape index (κ3) is 44.9. The summed E-state index contributed by atoms with van der Waals surface area (Å²) in [5.41, 5.74) is 0. The molecule has 0 atom stereocenters. The van der Waals surface area contributed by atoms with Crippen molar-refractivity contribution in [3.8, 4) is 0 Å². The fraction of sp³-hybridized carbons (Fsp3) is 1.00. The van der Waals surface area contributed by atoms with Crippen molar-refractivity contribution in [2.45, 2.75) is 71.1 Å². The fourth-order valence-corrected chi connectivity index (χ4v) is 2.08. The summed E-state index contributed by atoms with van der Waals surface area (Å²) in [5.74, 6) is 0. The molecule has 0 aromatic carbocycles. The van der Waals surface area contributed by atoms with Crippen molar-refractivity contribution < 1.29 is 34.7 Å². The van der Waals surface area contributed by atoms with Crippen molar-refractivity contribution >= 4 is 20.8 Å². The molecule has 23 heavy (non-hydrogen) atoms. The highest BCUT2D eigenvalue weighted by Gasteiger charge is 2.02. The normalized spacial score (nSPS) is 11.3. The van der Waals surface area contributed by atoms with E-state index in [0.29, 0.717) is 6.42 Å². The summed E-state index contributed by atoms with van der Waals surface area (Å²) in [7, 11) is -8.90. The molecule has 0 bridgehead atoms. The van der Waals surface area contributed by atoms with E-state index in [9.17, 15) is 8.42 Å². The summed E-state index contributed by atoms with van der Waals surface area (Å²) in [5, 5.41) is 0. The largest absolute Gasteiger partial charge is 0.397 e. The molecule has 0 spiro atoms. The highest BCUT2D eigenvalue weighted by molar-refractivity contribution is 7.80. The van der Waals surface area contributed by atoms with Crippen LogP contribution in [-0.2, 0) is 25.0 Å². The predicted octanol–water partition coefficient (Wildman–Crippen LogP) is 3.24. The highest BCUT2D eigenvalue weighted by atomic mass is 32.3. The Bertz CT molecular complexity index is 428. The van der Waals surface area contributed by atoms with Gasteiger partial charge < -0.3 is 6.15 Å². The lowest BCUT2D eigenvalue weighted by Crippen LogP contribution is -2.04. The standard InChI is InChI=1S/C12H26O4S.H3N.H2O4S/c1-2-3-4-5-6-7-8-9-10-11-12-16-17(13,14)15;;1-5(2,3)4/h2-12H2,1H3,(H,13,14,15);1H3;(H2,1,2,3,4). The van der Waals surface area contributed by atoms with Gasteiger partial charge in [0, 0.05) is 0 Å². The van der Waals surface area contributed by atoms with E-state index in [2.05, 4.69) is 11.1 Å². The Morgan fingerprint density at radius 1 is 0.696 bits per heavy atom. The summed E-state index contributed by atoms with van der Waals surface area (Å²) in [6.07, 6.45) is 11.9. The predicted molar refractivity (Wildman–Crippen MR) is 88.5 cm³/mol. The topological polar surface area (TPSA) is 173 Å². The first kappa shape index (κ1) is 27.5. The van der Waals surface area contributed by atoms with E-state index < -0.39 is 20.8 Å². The molecule has 0 fully saturated rings. The molecule has 0 rings (SSSR count). The fourth-order valence-electron chi connectivity index (χ4n) is 1.75. The van der Waals surface area contributed by atoms with Crippen LogP contribution < -0.4 is 6.15 Å². The zero-order valence-electron chi connectivity index (χ0n) is 13.7. The van der Waals surface area contributed by atoms with E-state index in [0.717, 1.165) is 12.8 Å². The molecular formula is C12H31NO8S2. The van der Waals surface area contributed by atoms with Gasteiger partial charge in [-0.15, -0.1) is 0 Å². The average Bonchev–Trinajstić information content (AvgIpc) is 2.32. The van der Waals surface area contributed by atoms with Gasteiger partial charge in [0.1, 0.15) is 0 Å². The maximum atomic E-state index is 10.2. The maximum Gasteiger partial charge on any atom is 0.397 e. The van der Waals surface area contributed by atoms with Crippen molar-refractivity contribution in [1.29, 1.82) is 0 Å². The molecule has 0 unspecified atom stereocenters. The van der Waals surface area contributed by atoms with Crippen LogP contribution in [0.3, 0.4) is 0 Å². The zero-order chi connectivity index (χ0) is 17.5. The second-order valence-electron chi connectivity index (χ2n) is 4.88. The van der Waals surface area contributed by atoms with Crippen LogP contribution in [-0.4, -0.2) is 37.1 Å². The molecule has 6 N–H and O–H groups in total. The van der Waals surface area contributed by atoms with Gasteiger partial charge in [0.2, 0.25) is 0 Å². The van der Waals surface area contributed by atoms with Gasteiger partial charge in [-0.25, -0.2) is 4.18 Å². The molecule has 0 heterocycles. The molecule has 0 aromatic heterocycles. The molecule has 0 saturated carbocycles. The van der Waals surface area contributed by atoms with Gasteiger partial charge in [-0.1, -0.05) is 64.7 Å². The smallest absolute Gasteiger partial charge is 0.344 e. The minimum absolute atomic E-state index is 0. The Kier molecular flexibility index (Phi) is 19.8. The van der Waals surface area contributed by atoms with Crippen LogP contribution in [0.2, 0.25) is 0 Å². The Morgan fingerprint density at radius 2 is 1.00 bits per heavy atom. The Balaban J connectivity index is -0.000000578. The van der Waals surface area contributed by atoms with E-state index in [1.54, 1.807) is 0 Å². The first-order valence-corrected chi connectivity index (χ1v) is 10.1. The SMILES string of the molecule is CCCCCCCCCCCCOS(=O)(=O)O.N.O=S(=O)(O)O. The molecule has 144 valence electrons. The van der Waals surface area contributed by atoms with Gasteiger partial charge in [0.15, 0.2) is 0 Å². The van der Waals surface area contributed by atoms with Crippen LogP contribution in [0.15, 0.2) is 0 Å². The highest BCUT2D eigenvalue weighted by Crippen LogP contribution is 2.10. The van der Waals surface area contributed by atoms with E-state index in [1.165, 1.54) is 44.9 Å². The van der Waals surface area contributed by atoms with Crippen molar-refractivity contribution in [2.24, 2.45) is 0 Å². The lowest BCUT2D eigenvalue weighted by molar-refractivity contribution is 0.261. The van der Waals surface area contributed by atoms with Gasteiger partial charge in [0.25, 0.3) is 0 Å². The molecule has 11 heteroatoms. The first-order chi connectivity index (χ1) is 10.1. The molecule has 0 saturated heterocycles. The van der Waals surface area contributed by atoms with Gasteiger partial charge in [-0.3, -0.25) is 13.7 Å². The van der Waals surface area contributed by atoms with E-state index in [4.69, 9.17) is 22.1 Å². The van der Waals surface area contributed by atoms with E-state index >= 15 is 0 Å². The summed E-state index contributed by atoms with van der Waals surface area (Å²) in [6, 6.07) is 0. The second-order valence-corrected chi connectivity index (χ2v) is 6.87. The van der Waals surface area contributed by atoms with Gasteiger partial charge in [-0.05, 0) is 6.42 Å². The zero-order valence-corrected chi connectivity index (χ0v) is 15.3. The monoisotopic (exact) mass is 381 g/mol. The molecule has 0 aliphatic carbocycles. The molecule has 0 radical (unpaired) electrons. The van der Waals surface area contributed by atoms with Crippen LogP contribution in [0.4, 0.5) is 0 Å². The average molecular weight is 382 g/mol. The summed E-state index contributed by atoms with van der Waals surface area (Å²) >= 11 is 0. The van der Waals surface area contributed by atoms with Crippen molar-refractivity contribution in [3.63, 3.8) is 0 Å². The summed E-state index contributed by atoms with van der Waals surface area (Å²) < 4.78 is 64.6. The first-order valence-electron chi connectivity index (χ1n) is 7.38. The van der Waals surface area contributed by atoms with Gasteiger partial charge in [-0.2, -0.15) is 16.8 Å². The molecule has 0 aliphatic rings. The van der Waals surface area contributed by atoms with Gasteiger partial charge >= 0.3 is 20.8 Å². The number of rotatable bonds is 12. The van der Waals surface area contributed by atoms with E-state index in [-0.39, 0.29) is 12.8 Å². The van der Waals surface area contributed by atoms with Crippen LogP contribution in [0.25, 0.3) is 0 Å². The lowest BCUT2D eigenvalue weighted by Gasteiger charge is -2.02.